The van der Waals surface area contributed by atoms with Crippen LogP contribution in [0.4, 0.5) is 4.79 Å². The fourth-order valence-corrected chi connectivity index (χ4v) is 5.02. The Kier molecular flexibility index (Phi) is 6.42. The van der Waals surface area contributed by atoms with E-state index in [1.807, 2.05) is 48.1 Å². The molecule has 0 saturated carbocycles. The van der Waals surface area contributed by atoms with Gasteiger partial charge in [0.2, 0.25) is 0 Å². The van der Waals surface area contributed by atoms with Crippen molar-refractivity contribution >= 4 is 17.0 Å². The summed E-state index contributed by atoms with van der Waals surface area (Å²) in [6, 6.07) is 13.8. The van der Waals surface area contributed by atoms with Crippen LogP contribution in [-0.4, -0.2) is 88.7 Å². The number of ether oxygens (including phenoxy) is 3. The highest BCUT2D eigenvalue weighted by Crippen LogP contribution is 2.39. The second-order valence-corrected chi connectivity index (χ2v) is 9.84. The van der Waals surface area contributed by atoms with E-state index in [4.69, 9.17) is 19.3 Å². The highest BCUT2D eigenvalue weighted by molar-refractivity contribution is 5.97. The van der Waals surface area contributed by atoms with Gasteiger partial charge in [-0.15, -0.1) is 0 Å². The number of carbonyl (C=O) groups excluding carboxylic acids is 1. The van der Waals surface area contributed by atoms with E-state index in [2.05, 4.69) is 21.9 Å². The van der Waals surface area contributed by atoms with Gasteiger partial charge in [0.15, 0.2) is 11.5 Å². The Hall–Kier alpha value is -4.02. The molecule has 2 aliphatic rings. The van der Waals surface area contributed by atoms with Crippen molar-refractivity contribution in [3.63, 3.8) is 0 Å². The largest absolute Gasteiger partial charge is 0.493 e. The summed E-state index contributed by atoms with van der Waals surface area (Å²) in [5.41, 5.74) is 4.05. The number of rotatable bonds is 5. The summed E-state index contributed by atoms with van der Waals surface area (Å²) >= 11 is 0. The number of benzene rings is 2. The number of nitrogens with zero attached hydrogens (tertiary/aromatic N) is 6. The number of carbonyl (C=O) groups is 1. The Bertz CT molecular complexity index is 1470. The summed E-state index contributed by atoms with van der Waals surface area (Å²) in [7, 11) is 3.61. The summed E-state index contributed by atoms with van der Waals surface area (Å²) in [5.74, 6) is 0.760. The fraction of sp³-hybridized carbons (Fsp3) is 0.357. The number of piperazine rings is 1. The maximum Gasteiger partial charge on any atom is 0.415 e. The van der Waals surface area contributed by atoms with Crippen molar-refractivity contribution < 1.29 is 19.0 Å². The molecule has 2 aromatic carbocycles. The van der Waals surface area contributed by atoms with E-state index in [9.17, 15) is 4.79 Å². The predicted octanol–water partition coefficient (Wildman–Crippen LogP) is 3.87. The summed E-state index contributed by atoms with van der Waals surface area (Å²) in [6.45, 7) is 5.47. The van der Waals surface area contributed by atoms with Crippen LogP contribution in [0.15, 0.2) is 55.0 Å². The van der Waals surface area contributed by atoms with Gasteiger partial charge >= 0.3 is 6.09 Å². The Labute approximate surface area is 220 Å². The molecule has 38 heavy (non-hydrogen) atoms. The molecule has 0 radical (unpaired) electrons. The topological polar surface area (TPSA) is 94.8 Å². The molecule has 0 unspecified atom stereocenters. The third-order valence-electron chi connectivity index (χ3n) is 7.21. The molecule has 1 amide bonds. The number of hydrogen-bond donors (Lipinski definition) is 0. The van der Waals surface area contributed by atoms with Crippen LogP contribution in [0.3, 0.4) is 0 Å². The van der Waals surface area contributed by atoms with Gasteiger partial charge in [-0.1, -0.05) is 30.3 Å². The van der Waals surface area contributed by atoms with Crippen LogP contribution in [-0.2, 0) is 4.74 Å². The van der Waals surface area contributed by atoms with Crippen LogP contribution in [0.1, 0.15) is 13.0 Å². The third-order valence-corrected chi connectivity index (χ3v) is 7.21. The number of fused-ring (bicyclic) bond motifs is 1. The lowest BCUT2D eigenvalue weighted by Crippen LogP contribution is -2.53. The van der Waals surface area contributed by atoms with Crippen LogP contribution in [0, 0.1) is 0 Å². The zero-order chi connectivity index (χ0) is 26.2. The van der Waals surface area contributed by atoms with Crippen LogP contribution < -0.4 is 9.47 Å². The average Bonchev–Trinajstić information content (AvgIpc) is 3.31. The van der Waals surface area contributed by atoms with E-state index >= 15 is 0 Å². The number of likely N-dealkylation sites (N-methyl/N-ethyl adjacent to an activating group) is 1. The van der Waals surface area contributed by atoms with E-state index in [0.717, 1.165) is 35.3 Å². The predicted molar refractivity (Wildman–Crippen MR) is 142 cm³/mol. The SMILES string of the molecule is COc1cc2ncnc(-c3cn(C4COC4)nc3-c3ccccc3)c2cc1OC(=O)N1CCN(C)C[C@@H]1C. The molecule has 2 saturated heterocycles. The molecule has 2 aromatic heterocycles. The zero-order valence-electron chi connectivity index (χ0n) is 21.7. The lowest BCUT2D eigenvalue weighted by atomic mass is 10.0. The molecule has 0 aliphatic carbocycles. The molecular formula is C28H30N6O4. The Balaban J connectivity index is 1.43. The van der Waals surface area contributed by atoms with E-state index in [0.29, 0.717) is 42.5 Å². The van der Waals surface area contributed by atoms with Gasteiger partial charge in [-0.25, -0.2) is 14.8 Å². The first kappa shape index (κ1) is 24.3. The van der Waals surface area contributed by atoms with Gasteiger partial charge in [0, 0.05) is 54.5 Å². The maximum absolute atomic E-state index is 13.2. The molecule has 196 valence electrons. The quantitative estimate of drug-likeness (QED) is 0.396. The number of aromatic nitrogens is 4. The first-order valence-electron chi connectivity index (χ1n) is 12.7. The lowest BCUT2D eigenvalue weighted by Gasteiger charge is -2.37. The minimum atomic E-state index is -0.399. The molecule has 0 spiro atoms. The zero-order valence-corrected chi connectivity index (χ0v) is 21.7. The van der Waals surface area contributed by atoms with E-state index in [1.165, 1.54) is 6.33 Å². The molecule has 2 fully saturated rings. The standard InChI is InChI=1S/C28H30N6O4/c1-18-13-32(2)9-10-33(18)28(35)38-25-11-21-23(12-24(25)36-3)29-17-30-27(21)22-14-34(20-15-37-16-20)31-26(22)19-7-5-4-6-8-19/h4-8,11-12,14,17-18,20H,9-10,13,15-16H2,1-3H3/t18-/m0/s1. The number of hydrogen-bond acceptors (Lipinski definition) is 8. The van der Waals surface area contributed by atoms with E-state index < -0.39 is 6.09 Å². The molecule has 10 heteroatoms. The maximum atomic E-state index is 13.2. The van der Waals surface area contributed by atoms with Gasteiger partial charge in [0.25, 0.3) is 0 Å². The normalized spacial score (nSPS) is 18.4. The minimum Gasteiger partial charge on any atom is -0.493 e. The molecule has 6 rings (SSSR count). The first-order chi connectivity index (χ1) is 18.5. The highest BCUT2D eigenvalue weighted by Gasteiger charge is 2.29. The van der Waals surface area contributed by atoms with Crippen LogP contribution in [0.25, 0.3) is 33.4 Å². The minimum absolute atomic E-state index is 0.0429. The van der Waals surface area contributed by atoms with Crippen LogP contribution in [0.5, 0.6) is 11.5 Å². The number of amides is 1. The highest BCUT2D eigenvalue weighted by atomic mass is 16.6. The van der Waals surface area contributed by atoms with Crippen molar-refractivity contribution in [2.24, 2.45) is 0 Å². The van der Waals surface area contributed by atoms with Gasteiger partial charge in [0.05, 0.1) is 37.6 Å². The Morgan fingerprint density at radius 2 is 1.87 bits per heavy atom. The molecule has 4 aromatic rings. The number of methoxy groups -OCH3 is 1. The molecule has 0 bridgehead atoms. The summed E-state index contributed by atoms with van der Waals surface area (Å²) < 4.78 is 18.9. The van der Waals surface area contributed by atoms with E-state index in [-0.39, 0.29) is 12.1 Å². The summed E-state index contributed by atoms with van der Waals surface area (Å²) in [4.78, 5) is 26.3. The molecule has 4 heterocycles. The molecule has 10 nitrogen and oxygen atoms in total. The Morgan fingerprint density at radius 1 is 1.05 bits per heavy atom. The second-order valence-electron chi connectivity index (χ2n) is 9.84. The molecule has 0 N–H and O–H groups in total. The van der Waals surface area contributed by atoms with Crippen molar-refractivity contribution in [1.29, 1.82) is 0 Å². The monoisotopic (exact) mass is 514 g/mol. The van der Waals surface area contributed by atoms with Gasteiger partial charge < -0.3 is 24.0 Å². The molecule has 1 atom stereocenters. The van der Waals surface area contributed by atoms with Crippen molar-refractivity contribution in [3.05, 3.63) is 55.0 Å². The van der Waals surface area contributed by atoms with Crippen LogP contribution >= 0.6 is 0 Å². The summed E-state index contributed by atoms with van der Waals surface area (Å²) in [6.07, 6.45) is 3.15. The van der Waals surface area contributed by atoms with Gasteiger partial charge in [-0.05, 0) is 20.0 Å². The van der Waals surface area contributed by atoms with Crippen molar-refractivity contribution in [1.82, 2.24) is 29.5 Å². The van der Waals surface area contributed by atoms with Crippen molar-refractivity contribution in [2.75, 3.05) is 47.0 Å². The average molecular weight is 515 g/mol. The van der Waals surface area contributed by atoms with Crippen LogP contribution in [0.2, 0.25) is 0 Å². The van der Waals surface area contributed by atoms with Gasteiger partial charge in [0.1, 0.15) is 12.0 Å². The molecule has 2 aliphatic heterocycles. The van der Waals surface area contributed by atoms with Crippen molar-refractivity contribution in [3.8, 4) is 34.0 Å². The van der Waals surface area contributed by atoms with Gasteiger partial charge in [-0.3, -0.25) is 4.68 Å². The second kappa shape index (κ2) is 10.0. The van der Waals surface area contributed by atoms with E-state index in [1.54, 1.807) is 24.1 Å². The third kappa shape index (κ3) is 4.46. The first-order valence-corrected chi connectivity index (χ1v) is 12.7. The lowest BCUT2D eigenvalue weighted by molar-refractivity contribution is -0.0285. The molecular weight excluding hydrogens is 484 g/mol. The summed E-state index contributed by atoms with van der Waals surface area (Å²) in [5, 5.41) is 5.66. The smallest absolute Gasteiger partial charge is 0.415 e. The van der Waals surface area contributed by atoms with Gasteiger partial charge in [-0.2, -0.15) is 5.10 Å². The van der Waals surface area contributed by atoms with Crippen molar-refractivity contribution in [2.45, 2.75) is 19.0 Å². The Morgan fingerprint density at radius 3 is 2.58 bits per heavy atom. The fourth-order valence-electron chi connectivity index (χ4n) is 5.02.